The zero-order valence-corrected chi connectivity index (χ0v) is 13.9. The standard InChI is InChI=1S/C15H22ClNO2S/c1-4-13-5-6-17(10-13)20(18,19)15-8-14(9-16)7-11(2)12(15)3/h7-8,13H,4-6,9-10H2,1-3H3. The van der Waals surface area contributed by atoms with Gasteiger partial charge in [0.2, 0.25) is 10.0 Å². The van der Waals surface area contributed by atoms with Crippen LogP contribution >= 0.6 is 11.6 Å². The lowest BCUT2D eigenvalue weighted by molar-refractivity contribution is 0.452. The van der Waals surface area contributed by atoms with Crippen LogP contribution in [0.2, 0.25) is 0 Å². The molecule has 1 aliphatic heterocycles. The first-order valence-electron chi connectivity index (χ1n) is 7.06. The molecule has 1 unspecified atom stereocenters. The van der Waals surface area contributed by atoms with Gasteiger partial charge >= 0.3 is 0 Å². The Bertz CT molecular complexity index is 598. The van der Waals surface area contributed by atoms with E-state index in [4.69, 9.17) is 11.6 Å². The molecule has 1 heterocycles. The van der Waals surface area contributed by atoms with Crippen LogP contribution in [0.25, 0.3) is 0 Å². The van der Waals surface area contributed by atoms with Gasteiger partial charge in [-0.15, -0.1) is 11.6 Å². The molecule has 0 aromatic heterocycles. The van der Waals surface area contributed by atoms with E-state index in [2.05, 4.69) is 6.92 Å². The van der Waals surface area contributed by atoms with Crippen molar-refractivity contribution in [3.05, 3.63) is 28.8 Å². The lowest BCUT2D eigenvalue weighted by Gasteiger charge is -2.19. The Hall–Kier alpha value is -0.580. The van der Waals surface area contributed by atoms with Crippen molar-refractivity contribution in [1.29, 1.82) is 0 Å². The molecule has 0 bridgehead atoms. The Balaban J connectivity index is 2.42. The molecule has 0 saturated carbocycles. The molecular weight excluding hydrogens is 294 g/mol. The number of hydrogen-bond donors (Lipinski definition) is 0. The molecule has 1 fully saturated rings. The van der Waals surface area contributed by atoms with Crippen LogP contribution in [-0.4, -0.2) is 25.8 Å². The van der Waals surface area contributed by atoms with E-state index in [1.54, 1.807) is 10.4 Å². The molecule has 3 nitrogen and oxygen atoms in total. The number of nitrogens with zero attached hydrogens (tertiary/aromatic N) is 1. The average molecular weight is 316 g/mol. The predicted octanol–water partition coefficient (Wildman–Crippen LogP) is 3.46. The third-order valence-electron chi connectivity index (χ3n) is 4.28. The second-order valence-corrected chi connectivity index (χ2v) is 7.77. The van der Waals surface area contributed by atoms with Crippen LogP contribution in [0.15, 0.2) is 17.0 Å². The van der Waals surface area contributed by atoms with E-state index in [0.717, 1.165) is 29.5 Å². The molecular formula is C15H22ClNO2S. The van der Waals surface area contributed by atoms with Crippen molar-refractivity contribution >= 4 is 21.6 Å². The maximum absolute atomic E-state index is 12.8. The Morgan fingerprint density at radius 3 is 2.60 bits per heavy atom. The molecule has 1 aromatic carbocycles. The Morgan fingerprint density at radius 2 is 2.05 bits per heavy atom. The summed E-state index contributed by atoms with van der Waals surface area (Å²) in [6.07, 6.45) is 1.99. The lowest BCUT2D eigenvalue weighted by Crippen LogP contribution is -2.29. The van der Waals surface area contributed by atoms with E-state index >= 15 is 0 Å². The molecule has 0 radical (unpaired) electrons. The van der Waals surface area contributed by atoms with Crippen LogP contribution in [0.1, 0.15) is 36.5 Å². The number of rotatable bonds is 4. The zero-order chi connectivity index (χ0) is 14.9. The molecule has 1 aromatic rings. The average Bonchev–Trinajstić information content (AvgIpc) is 2.91. The van der Waals surface area contributed by atoms with E-state index < -0.39 is 10.0 Å². The van der Waals surface area contributed by atoms with Crippen LogP contribution in [0.5, 0.6) is 0 Å². The van der Waals surface area contributed by atoms with Gasteiger partial charge in [-0.2, -0.15) is 4.31 Å². The summed E-state index contributed by atoms with van der Waals surface area (Å²) >= 11 is 5.87. The second kappa shape index (κ2) is 6.04. The summed E-state index contributed by atoms with van der Waals surface area (Å²) in [6.45, 7) is 7.19. The number of halogens is 1. The first kappa shape index (κ1) is 15.8. The van der Waals surface area contributed by atoms with Crippen LogP contribution < -0.4 is 0 Å². The molecule has 20 heavy (non-hydrogen) atoms. The lowest BCUT2D eigenvalue weighted by atomic mass is 10.1. The Labute approximate surface area is 127 Å². The summed E-state index contributed by atoms with van der Waals surface area (Å²) in [6, 6.07) is 3.68. The van der Waals surface area contributed by atoms with Gasteiger partial charge in [-0.05, 0) is 48.9 Å². The minimum Gasteiger partial charge on any atom is -0.207 e. The van der Waals surface area contributed by atoms with Gasteiger partial charge < -0.3 is 0 Å². The van der Waals surface area contributed by atoms with E-state index in [1.807, 2.05) is 19.9 Å². The second-order valence-electron chi connectivity index (χ2n) is 5.60. The molecule has 5 heteroatoms. The third kappa shape index (κ3) is 2.87. The number of aryl methyl sites for hydroxylation is 1. The summed E-state index contributed by atoms with van der Waals surface area (Å²) in [7, 11) is -3.39. The molecule has 1 aliphatic rings. The minimum atomic E-state index is -3.39. The van der Waals surface area contributed by atoms with Gasteiger partial charge in [0.15, 0.2) is 0 Å². The number of hydrogen-bond acceptors (Lipinski definition) is 2. The molecule has 0 N–H and O–H groups in total. The molecule has 0 aliphatic carbocycles. The summed E-state index contributed by atoms with van der Waals surface area (Å²) in [4.78, 5) is 0.421. The van der Waals surface area contributed by atoms with E-state index in [-0.39, 0.29) is 0 Å². The Morgan fingerprint density at radius 1 is 1.35 bits per heavy atom. The van der Waals surface area contributed by atoms with Gasteiger partial charge in [0, 0.05) is 19.0 Å². The van der Waals surface area contributed by atoms with Crippen molar-refractivity contribution in [3.8, 4) is 0 Å². The fraction of sp³-hybridized carbons (Fsp3) is 0.600. The van der Waals surface area contributed by atoms with E-state index in [1.165, 1.54) is 0 Å². The summed E-state index contributed by atoms with van der Waals surface area (Å²) < 4.78 is 27.3. The maximum Gasteiger partial charge on any atom is 0.243 e. The number of alkyl halides is 1. The van der Waals surface area contributed by atoms with E-state index in [9.17, 15) is 8.42 Å². The largest absolute Gasteiger partial charge is 0.243 e. The number of benzene rings is 1. The maximum atomic E-state index is 12.8. The molecule has 1 atom stereocenters. The van der Waals surface area contributed by atoms with Crippen molar-refractivity contribution < 1.29 is 8.42 Å². The quantitative estimate of drug-likeness (QED) is 0.798. The van der Waals surface area contributed by atoms with Gasteiger partial charge in [0.25, 0.3) is 0 Å². The monoisotopic (exact) mass is 315 g/mol. The molecule has 2 rings (SSSR count). The topological polar surface area (TPSA) is 37.4 Å². The smallest absolute Gasteiger partial charge is 0.207 e. The van der Waals surface area contributed by atoms with Crippen LogP contribution in [-0.2, 0) is 15.9 Å². The fourth-order valence-electron chi connectivity index (χ4n) is 2.73. The Kier molecular flexibility index (Phi) is 4.77. The minimum absolute atomic E-state index is 0.335. The van der Waals surface area contributed by atoms with Crippen LogP contribution in [0.3, 0.4) is 0 Å². The third-order valence-corrected chi connectivity index (χ3v) is 6.58. The van der Waals surface area contributed by atoms with Crippen molar-refractivity contribution in [3.63, 3.8) is 0 Å². The molecule has 1 saturated heterocycles. The first-order valence-corrected chi connectivity index (χ1v) is 9.03. The fourth-order valence-corrected chi connectivity index (χ4v) is 4.77. The van der Waals surface area contributed by atoms with Gasteiger partial charge in [-0.3, -0.25) is 0 Å². The van der Waals surface area contributed by atoms with Crippen molar-refractivity contribution in [2.45, 2.75) is 44.4 Å². The van der Waals surface area contributed by atoms with Crippen molar-refractivity contribution in [1.82, 2.24) is 4.31 Å². The highest BCUT2D eigenvalue weighted by atomic mass is 35.5. The van der Waals surface area contributed by atoms with Crippen LogP contribution in [0.4, 0.5) is 0 Å². The highest BCUT2D eigenvalue weighted by molar-refractivity contribution is 7.89. The van der Waals surface area contributed by atoms with Gasteiger partial charge in [0.05, 0.1) is 4.90 Å². The highest BCUT2D eigenvalue weighted by Crippen LogP contribution is 2.29. The molecule has 112 valence electrons. The molecule has 0 amide bonds. The van der Waals surface area contributed by atoms with Crippen molar-refractivity contribution in [2.75, 3.05) is 13.1 Å². The normalized spacial score (nSPS) is 20.5. The summed E-state index contributed by atoms with van der Waals surface area (Å²) in [5.74, 6) is 0.823. The summed E-state index contributed by atoms with van der Waals surface area (Å²) in [5, 5.41) is 0. The van der Waals surface area contributed by atoms with Gasteiger partial charge in [-0.1, -0.05) is 19.4 Å². The van der Waals surface area contributed by atoms with Crippen molar-refractivity contribution in [2.24, 2.45) is 5.92 Å². The first-order chi connectivity index (χ1) is 9.40. The SMILES string of the molecule is CCC1CCN(S(=O)(=O)c2cc(CCl)cc(C)c2C)C1. The van der Waals surface area contributed by atoms with Gasteiger partial charge in [0.1, 0.15) is 0 Å². The number of sulfonamides is 1. The van der Waals surface area contributed by atoms with Gasteiger partial charge in [-0.25, -0.2) is 8.42 Å². The predicted molar refractivity (Wildman–Crippen MR) is 82.6 cm³/mol. The summed E-state index contributed by atoms with van der Waals surface area (Å²) in [5.41, 5.74) is 2.67. The van der Waals surface area contributed by atoms with Crippen LogP contribution in [0, 0.1) is 19.8 Å². The molecule has 0 spiro atoms. The van der Waals surface area contributed by atoms with E-state index in [0.29, 0.717) is 29.8 Å². The zero-order valence-electron chi connectivity index (χ0n) is 12.3. The highest BCUT2D eigenvalue weighted by Gasteiger charge is 2.33.